The fourth-order valence-corrected chi connectivity index (χ4v) is 1.23. The number of hydrogen-bond acceptors (Lipinski definition) is 4. The molecule has 0 fully saturated rings. The summed E-state index contributed by atoms with van der Waals surface area (Å²) in [7, 11) is 0. The summed E-state index contributed by atoms with van der Waals surface area (Å²) in [5, 5.41) is 13.6. The van der Waals surface area contributed by atoms with Crippen LogP contribution in [-0.4, -0.2) is 37.0 Å². The number of amides is 1. The lowest BCUT2D eigenvalue weighted by Gasteiger charge is -2.02. The van der Waals surface area contributed by atoms with E-state index in [1.807, 2.05) is 6.07 Å². The minimum Gasteiger partial charge on any atom is -0.342 e. The molecule has 4 nitrogen and oxygen atoms in total. The number of nitrogens with zero attached hydrogens (tertiary/aromatic N) is 1. The lowest BCUT2D eigenvalue weighted by molar-refractivity contribution is -0.119. The standard InChI is InChI=1S/C9H13N3OS/c1-2-6-14-7-5-11-8-9(13)12-4-3-10/h1,11H,4-8H2,(H,12,13). The molecule has 2 N–H and O–H groups in total. The molecule has 0 aliphatic carbocycles. The second kappa shape index (κ2) is 9.91. The van der Waals surface area contributed by atoms with Crippen LogP contribution in [0.15, 0.2) is 0 Å². The molecule has 0 aliphatic rings. The first-order chi connectivity index (χ1) is 6.81. The van der Waals surface area contributed by atoms with E-state index in [0.29, 0.717) is 5.75 Å². The molecule has 14 heavy (non-hydrogen) atoms. The zero-order chi connectivity index (χ0) is 10.6. The molecule has 1 amide bonds. The summed E-state index contributed by atoms with van der Waals surface area (Å²) in [6.45, 7) is 1.05. The summed E-state index contributed by atoms with van der Waals surface area (Å²) in [5.41, 5.74) is 0. The van der Waals surface area contributed by atoms with Gasteiger partial charge < -0.3 is 10.6 Å². The molecule has 0 atom stereocenters. The van der Waals surface area contributed by atoms with Crippen LogP contribution >= 0.6 is 11.8 Å². The van der Waals surface area contributed by atoms with E-state index in [0.717, 1.165) is 12.3 Å². The average molecular weight is 211 g/mol. The fourth-order valence-electron chi connectivity index (χ4n) is 0.678. The number of nitrogens with one attached hydrogen (secondary N) is 2. The van der Waals surface area contributed by atoms with Crippen LogP contribution in [0.1, 0.15) is 0 Å². The maximum Gasteiger partial charge on any atom is 0.234 e. The van der Waals surface area contributed by atoms with Crippen LogP contribution in [0.4, 0.5) is 0 Å². The van der Waals surface area contributed by atoms with Gasteiger partial charge in [-0.3, -0.25) is 4.79 Å². The highest BCUT2D eigenvalue weighted by atomic mass is 32.2. The third kappa shape index (κ3) is 8.92. The van der Waals surface area contributed by atoms with Crippen molar-refractivity contribution in [1.29, 1.82) is 5.26 Å². The van der Waals surface area contributed by atoms with Gasteiger partial charge in [0, 0.05) is 12.3 Å². The topological polar surface area (TPSA) is 64.9 Å². The van der Waals surface area contributed by atoms with Crippen molar-refractivity contribution in [1.82, 2.24) is 10.6 Å². The highest BCUT2D eigenvalue weighted by Crippen LogP contribution is 1.94. The van der Waals surface area contributed by atoms with Crippen LogP contribution in [0, 0.1) is 23.7 Å². The zero-order valence-corrected chi connectivity index (χ0v) is 8.69. The van der Waals surface area contributed by atoms with Crippen molar-refractivity contribution in [2.24, 2.45) is 0 Å². The third-order valence-corrected chi connectivity index (χ3v) is 2.12. The van der Waals surface area contributed by atoms with Gasteiger partial charge in [0.2, 0.25) is 5.91 Å². The predicted octanol–water partition coefficient (Wildman–Crippen LogP) is -0.418. The van der Waals surface area contributed by atoms with Crippen LogP contribution in [0.25, 0.3) is 0 Å². The largest absolute Gasteiger partial charge is 0.342 e. The fraction of sp³-hybridized carbons (Fsp3) is 0.556. The van der Waals surface area contributed by atoms with Gasteiger partial charge in [-0.15, -0.1) is 18.2 Å². The smallest absolute Gasteiger partial charge is 0.234 e. The number of nitriles is 1. The third-order valence-electron chi connectivity index (χ3n) is 1.26. The van der Waals surface area contributed by atoms with Crippen LogP contribution < -0.4 is 10.6 Å². The Morgan fingerprint density at radius 2 is 2.36 bits per heavy atom. The summed E-state index contributed by atoms with van der Waals surface area (Å²) in [6, 6.07) is 1.83. The molecule has 0 radical (unpaired) electrons. The van der Waals surface area contributed by atoms with Crippen molar-refractivity contribution in [3.8, 4) is 18.4 Å². The first kappa shape index (κ1) is 12.8. The Kier molecular flexibility index (Phi) is 9.09. The monoisotopic (exact) mass is 211 g/mol. The van der Waals surface area contributed by atoms with Gasteiger partial charge in [-0.2, -0.15) is 5.26 Å². The Labute approximate surface area is 88.4 Å². The van der Waals surface area contributed by atoms with Crippen LogP contribution in [0.2, 0.25) is 0 Å². The maximum atomic E-state index is 10.9. The highest BCUT2D eigenvalue weighted by Gasteiger charge is 1.97. The Morgan fingerprint density at radius 1 is 1.57 bits per heavy atom. The molecule has 0 aliphatic heterocycles. The van der Waals surface area contributed by atoms with E-state index in [9.17, 15) is 4.79 Å². The molecule has 0 unspecified atom stereocenters. The van der Waals surface area contributed by atoms with Gasteiger partial charge in [-0.1, -0.05) is 5.92 Å². The van der Waals surface area contributed by atoms with Gasteiger partial charge in [0.05, 0.1) is 18.4 Å². The van der Waals surface area contributed by atoms with Gasteiger partial charge >= 0.3 is 0 Å². The minimum absolute atomic E-state index is 0.0619. The van der Waals surface area contributed by atoms with Crippen LogP contribution in [0.5, 0.6) is 0 Å². The Morgan fingerprint density at radius 3 is 3.00 bits per heavy atom. The number of thioether (sulfide) groups is 1. The molecule has 0 rings (SSSR count). The van der Waals surface area contributed by atoms with Crippen LogP contribution in [0.3, 0.4) is 0 Å². The van der Waals surface area contributed by atoms with E-state index in [-0.39, 0.29) is 19.0 Å². The molecule has 0 aromatic rings. The van der Waals surface area contributed by atoms with Gasteiger partial charge in [0.1, 0.15) is 6.54 Å². The number of carbonyl (C=O) groups excluding carboxylic acids is 1. The summed E-state index contributed by atoms with van der Waals surface area (Å²) in [5.74, 6) is 3.94. The Hall–Kier alpha value is -1.17. The SMILES string of the molecule is C#CCSCCNCC(=O)NCC#N. The van der Waals surface area contributed by atoms with E-state index in [4.69, 9.17) is 11.7 Å². The Bertz CT molecular complexity index is 241. The molecule has 0 bridgehead atoms. The molecule has 76 valence electrons. The van der Waals surface area contributed by atoms with Crippen LogP contribution in [-0.2, 0) is 4.79 Å². The second-order valence-corrected chi connectivity index (χ2v) is 3.47. The summed E-state index contributed by atoms with van der Waals surface area (Å²) in [6.07, 6.45) is 5.06. The van der Waals surface area contributed by atoms with Gasteiger partial charge in [0.15, 0.2) is 0 Å². The van der Waals surface area contributed by atoms with Crippen molar-refractivity contribution in [2.75, 3.05) is 31.1 Å². The zero-order valence-electron chi connectivity index (χ0n) is 7.88. The van der Waals surface area contributed by atoms with Gasteiger partial charge in [-0.25, -0.2) is 0 Å². The summed E-state index contributed by atoms with van der Waals surface area (Å²) in [4.78, 5) is 10.9. The highest BCUT2D eigenvalue weighted by molar-refractivity contribution is 7.99. The number of rotatable bonds is 7. The molecule has 0 saturated heterocycles. The summed E-state index contributed by atoms with van der Waals surface area (Å²) >= 11 is 1.64. The van der Waals surface area contributed by atoms with Crippen molar-refractivity contribution < 1.29 is 4.79 Å². The van der Waals surface area contributed by atoms with Crippen molar-refractivity contribution in [3.05, 3.63) is 0 Å². The van der Waals surface area contributed by atoms with E-state index < -0.39 is 0 Å². The lowest BCUT2D eigenvalue weighted by atomic mass is 10.5. The quantitative estimate of drug-likeness (QED) is 0.341. The summed E-state index contributed by atoms with van der Waals surface area (Å²) < 4.78 is 0. The lowest BCUT2D eigenvalue weighted by Crippen LogP contribution is -2.34. The van der Waals surface area contributed by atoms with Gasteiger partial charge in [0.25, 0.3) is 0 Å². The molecule has 0 aromatic heterocycles. The van der Waals surface area contributed by atoms with E-state index in [1.54, 1.807) is 11.8 Å². The molecular weight excluding hydrogens is 198 g/mol. The average Bonchev–Trinajstić information content (AvgIpc) is 2.20. The Balaban J connectivity index is 3.16. The normalized spacial score (nSPS) is 8.71. The molecule has 0 saturated carbocycles. The second-order valence-electron chi connectivity index (χ2n) is 2.37. The first-order valence-corrected chi connectivity index (χ1v) is 5.32. The number of carbonyl (C=O) groups is 1. The van der Waals surface area contributed by atoms with Crippen molar-refractivity contribution >= 4 is 17.7 Å². The maximum absolute atomic E-state index is 10.9. The molecular formula is C9H13N3OS. The predicted molar refractivity (Wildman–Crippen MR) is 57.7 cm³/mol. The molecule has 0 heterocycles. The number of terminal acetylenes is 1. The van der Waals surface area contributed by atoms with E-state index >= 15 is 0 Å². The first-order valence-electron chi connectivity index (χ1n) is 4.17. The van der Waals surface area contributed by atoms with Crippen molar-refractivity contribution in [2.45, 2.75) is 0 Å². The number of hydrogen-bond donors (Lipinski definition) is 2. The molecule has 0 spiro atoms. The molecule has 0 aromatic carbocycles. The van der Waals surface area contributed by atoms with Gasteiger partial charge in [-0.05, 0) is 0 Å². The minimum atomic E-state index is -0.159. The van der Waals surface area contributed by atoms with E-state index in [1.165, 1.54) is 0 Å². The van der Waals surface area contributed by atoms with Crippen molar-refractivity contribution in [3.63, 3.8) is 0 Å². The van der Waals surface area contributed by atoms with E-state index in [2.05, 4.69) is 16.6 Å². The molecule has 5 heteroatoms.